The standard InChI is InChI=1S/C23H21ClFN5O2/c1-15(20-4-3-18(25)12-26-20)32-21-10-17(14-30-23(21)19(24)13-28-30)16-2-5-22(27-11-16)29-6-8-31-9-7-29/h2-5,10-15H,6-9H2,1H3/t15-/m1/s1. The Morgan fingerprint density at radius 2 is 1.91 bits per heavy atom. The number of pyridine rings is 3. The largest absolute Gasteiger partial charge is 0.482 e. The molecule has 0 spiro atoms. The van der Waals surface area contributed by atoms with Crippen LogP contribution in [0.15, 0.2) is 55.1 Å². The van der Waals surface area contributed by atoms with Crippen LogP contribution in [0.4, 0.5) is 10.2 Å². The van der Waals surface area contributed by atoms with Crippen molar-refractivity contribution in [2.75, 3.05) is 31.2 Å². The number of morpholine rings is 1. The summed E-state index contributed by atoms with van der Waals surface area (Å²) in [6, 6.07) is 8.91. The van der Waals surface area contributed by atoms with Crippen LogP contribution in [0.3, 0.4) is 0 Å². The van der Waals surface area contributed by atoms with Crippen LogP contribution >= 0.6 is 11.6 Å². The fraction of sp³-hybridized carbons (Fsp3) is 0.261. The van der Waals surface area contributed by atoms with E-state index in [2.05, 4.69) is 20.0 Å². The van der Waals surface area contributed by atoms with Gasteiger partial charge in [0.2, 0.25) is 0 Å². The Morgan fingerprint density at radius 1 is 1.06 bits per heavy atom. The smallest absolute Gasteiger partial charge is 0.148 e. The van der Waals surface area contributed by atoms with E-state index in [4.69, 9.17) is 21.1 Å². The Kier molecular flexibility index (Phi) is 5.63. The molecule has 0 aromatic carbocycles. The molecule has 1 aliphatic heterocycles. The third-order valence-corrected chi connectivity index (χ3v) is 5.70. The van der Waals surface area contributed by atoms with Crippen LogP contribution in [0.2, 0.25) is 5.02 Å². The Labute approximate surface area is 189 Å². The van der Waals surface area contributed by atoms with Gasteiger partial charge in [0.15, 0.2) is 0 Å². The van der Waals surface area contributed by atoms with Gasteiger partial charge in [-0.1, -0.05) is 11.6 Å². The highest BCUT2D eigenvalue weighted by atomic mass is 35.5. The van der Waals surface area contributed by atoms with Gasteiger partial charge in [-0.2, -0.15) is 5.10 Å². The second-order valence-corrected chi connectivity index (χ2v) is 7.95. The molecule has 0 N–H and O–H groups in total. The molecule has 1 aliphatic rings. The van der Waals surface area contributed by atoms with Crippen molar-refractivity contribution in [3.63, 3.8) is 0 Å². The highest BCUT2D eigenvalue weighted by Crippen LogP contribution is 2.34. The molecule has 1 saturated heterocycles. The molecule has 0 bridgehead atoms. The summed E-state index contributed by atoms with van der Waals surface area (Å²) < 4.78 is 26.5. The van der Waals surface area contributed by atoms with E-state index in [0.29, 0.717) is 35.2 Å². The summed E-state index contributed by atoms with van der Waals surface area (Å²) in [5.41, 5.74) is 3.07. The third kappa shape index (κ3) is 4.11. The lowest BCUT2D eigenvalue weighted by molar-refractivity contribution is 0.122. The maximum atomic E-state index is 13.2. The van der Waals surface area contributed by atoms with Gasteiger partial charge < -0.3 is 14.4 Å². The van der Waals surface area contributed by atoms with E-state index in [0.717, 1.165) is 30.0 Å². The predicted molar refractivity (Wildman–Crippen MR) is 120 cm³/mol. The quantitative estimate of drug-likeness (QED) is 0.441. The minimum Gasteiger partial charge on any atom is -0.482 e. The molecule has 0 amide bonds. The highest BCUT2D eigenvalue weighted by molar-refractivity contribution is 6.34. The van der Waals surface area contributed by atoms with Crippen LogP contribution in [0.1, 0.15) is 18.7 Å². The molecular formula is C23H21ClFN5O2. The molecule has 5 rings (SSSR count). The Hall–Kier alpha value is -3.23. The van der Waals surface area contributed by atoms with E-state index < -0.39 is 11.9 Å². The first-order valence-electron chi connectivity index (χ1n) is 10.3. The topological polar surface area (TPSA) is 64.8 Å². The summed E-state index contributed by atoms with van der Waals surface area (Å²) in [4.78, 5) is 11.0. The molecule has 0 unspecified atom stereocenters. The summed E-state index contributed by atoms with van der Waals surface area (Å²) in [6.45, 7) is 4.94. The molecule has 5 heterocycles. The van der Waals surface area contributed by atoms with Crippen molar-refractivity contribution in [2.24, 2.45) is 0 Å². The van der Waals surface area contributed by atoms with Crippen molar-refractivity contribution in [3.05, 3.63) is 71.7 Å². The lowest BCUT2D eigenvalue weighted by atomic mass is 10.1. The summed E-state index contributed by atoms with van der Waals surface area (Å²) >= 11 is 6.38. The first-order chi connectivity index (χ1) is 15.6. The van der Waals surface area contributed by atoms with Crippen molar-refractivity contribution in [3.8, 4) is 16.9 Å². The van der Waals surface area contributed by atoms with Gasteiger partial charge in [0.1, 0.15) is 29.0 Å². The molecule has 7 nitrogen and oxygen atoms in total. The maximum Gasteiger partial charge on any atom is 0.148 e. The zero-order valence-electron chi connectivity index (χ0n) is 17.4. The maximum absolute atomic E-state index is 13.2. The minimum absolute atomic E-state index is 0.391. The summed E-state index contributed by atoms with van der Waals surface area (Å²) in [5.74, 6) is 1.09. The van der Waals surface area contributed by atoms with Gasteiger partial charge in [-0.05, 0) is 37.3 Å². The minimum atomic E-state index is -0.414. The van der Waals surface area contributed by atoms with E-state index in [9.17, 15) is 4.39 Å². The number of hydrogen-bond donors (Lipinski definition) is 0. The first kappa shape index (κ1) is 20.7. The van der Waals surface area contributed by atoms with E-state index in [1.165, 1.54) is 12.3 Å². The predicted octanol–water partition coefficient (Wildman–Crippen LogP) is 4.56. The molecule has 4 aromatic rings. The number of rotatable bonds is 5. The molecule has 32 heavy (non-hydrogen) atoms. The Balaban J connectivity index is 1.47. The summed E-state index contributed by atoms with van der Waals surface area (Å²) in [6.07, 6.45) is 6.07. The van der Waals surface area contributed by atoms with Crippen molar-refractivity contribution in [1.82, 2.24) is 19.6 Å². The number of ether oxygens (including phenoxy) is 2. The van der Waals surface area contributed by atoms with Crippen molar-refractivity contribution >= 4 is 22.9 Å². The van der Waals surface area contributed by atoms with Gasteiger partial charge in [-0.15, -0.1) is 0 Å². The third-order valence-electron chi connectivity index (χ3n) is 5.42. The second-order valence-electron chi connectivity index (χ2n) is 7.54. The normalized spacial score (nSPS) is 15.2. The van der Waals surface area contributed by atoms with Gasteiger partial charge in [0.25, 0.3) is 0 Å². The zero-order chi connectivity index (χ0) is 22.1. The molecule has 4 aromatic heterocycles. The van der Waals surface area contributed by atoms with Crippen LogP contribution in [0.5, 0.6) is 5.75 Å². The Bertz CT molecular complexity index is 1220. The highest BCUT2D eigenvalue weighted by Gasteiger charge is 2.17. The van der Waals surface area contributed by atoms with Crippen LogP contribution in [-0.2, 0) is 4.74 Å². The van der Waals surface area contributed by atoms with Crippen LogP contribution in [-0.4, -0.2) is 45.9 Å². The zero-order valence-corrected chi connectivity index (χ0v) is 18.2. The molecular weight excluding hydrogens is 433 g/mol. The van der Waals surface area contributed by atoms with Crippen molar-refractivity contribution in [1.29, 1.82) is 0 Å². The molecule has 0 radical (unpaired) electrons. The number of anilines is 1. The van der Waals surface area contributed by atoms with E-state index in [1.54, 1.807) is 16.8 Å². The molecule has 0 aliphatic carbocycles. The molecule has 1 atom stereocenters. The monoisotopic (exact) mass is 453 g/mol. The average Bonchev–Trinajstić information content (AvgIpc) is 3.21. The number of fused-ring (bicyclic) bond motifs is 1. The Morgan fingerprint density at radius 3 is 2.62 bits per heavy atom. The fourth-order valence-corrected chi connectivity index (χ4v) is 3.93. The van der Waals surface area contributed by atoms with Gasteiger partial charge in [-0.3, -0.25) is 4.98 Å². The molecule has 164 valence electrons. The second kappa shape index (κ2) is 8.72. The average molecular weight is 454 g/mol. The lowest BCUT2D eigenvalue weighted by Gasteiger charge is -2.27. The summed E-state index contributed by atoms with van der Waals surface area (Å²) in [5, 5.41) is 4.82. The molecule has 9 heteroatoms. The first-order valence-corrected chi connectivity index (χ1v) is 10.7. The molecule has 0 saturated carbocycles. The van der Waals surface area contributed by atoms with Gasteiger partial charge in [0, 0.05) is 36.6 Å². The fourth-order valence-electron chi connectivity index (χ4n) is 3.71. The molecule has 1 fully saturated rings. The SMILES string of the molecule is C[C@@H](Oc1cc(-c2ccc(N3CCOCC3)nc2)cn2ncc(Cl)c12)c1ccc(F)cn1. The summed E-state index contributed by atoms with van der Waals surface area (Å²) in [7, 11) is 0. The van der Waals surface area contributed by atoms with Crippen molar-refractivity contribution in [2.45, 2.75) is 13.0 Å². The number of hydrogen-bond acceptors (Lipinski definition) is 6. The number of nitrogens with zero attached hydrogens (tertiary/aromatic N) is 5. The van der Waals surface area contributed by atoms with Gasteiger partial charge in [-0.25, -0.2) is 13.9 Å². The van der Waals surface area contributed by atoms with Gasteiger partial charge >= 0.3 is 0 Å². The lowest BCUT2D eigenvalue weighted by Crippen LogP contribution is -2.36. The van der Waals surface area contributed by atoms with E-state index in [-0.39, 0.29) is 0 Å². The number of aromatic nitrogens is 4. The number of halogens is 2. The van der Waals surface area contributed by atoms with Crippen LogP contribution in [0.25, 0.3) is 16.6 Å². The van der Waals surface area contributed by atoms with E-state index >= 15 is 0 Å². The van der Waals surface area contributed by atoms with Gasteiger partial charge in [0.05, 0.1) is 36.3 Å². The van der Waals surface area contributed by atoms with E-state index in [1.807, 2.05) is 37.5 Å². The van der Waals surface area contributed by atoms with Crippen LogP contribution in [0, 0.1) is 5.82 Å². The van der Waals surface area contributed by atoms with Crippen LogP contribution < -0.4 is 9.64 Å². The van der Waals surface area contributed by atoms with Crippen molar-refractivity contribution < 1.29 is 13.9 Å².